The number of nitrogens with zero attached hydrogens (tertiary/aromatic N) is 3. The third kappa shape index (κ3) is 2.52. The van der Waals surface area contributed by atoms with Crippen LogP contribution < -0.4 is 5.56 Å². The van der Waals surface area contributed by atoms with Crippen LogP contribution in [-0.2, 0) is 6.54 Å². The molecule has 0 unspecified atom stereocenters. The topological polar surface area (TPSA) is 37.6 Å². The van der Waals surface area contributed by atoms with Crippen LogP contribution in [-0.4, -0.2) is 27.4 Å². The van der Waals surface area contributed by atoms with Crippen LogP contribution in [0.2, 0.25) is 0 Å². The van der Waals surface area contributed by atoms with Crippen molar-refractivity contribution in [3.8, 4) is 0 Å². The van der Waals surface area contributed by atoms with Crippen molar-refractivity contribution in [2.75, 3.05) is 13.1 Å². The summed E-state index contributed by atoms with van der Waals surface area (Å²) < 4.78 is 1.65. The first-order chi connectivity index (χ1) is 10.6. The quantitative estimate of drug-likeness (QED) is 0.800. The Labute approximate surface area is 134 Å². The van der Waals surface area contributed by atoms with Crippen LogP contribution in [0.4, 0.5) is 0 Å². The van der Waals surface area contributed by atoms with E-state index >= 15 is 0 Å². The Morgan fingerprint density at radius 2 is 2.14 bits per heavy atom. The number of aromatic nitrogens is 2. The number of thiazole rings is 1. The zero-order chi connectivity index (χ0) is 15.3. The third-order valence-corrected chi connectivity index (χ3v) is 5.82. The van der Waals surface area contributed by atoms with Crippen molar-refractivity contribution in [2.45, 2.75) is 33.2 Å². The fourth-order valence-corrected chi connectivity index (χ4v) is 4.73. The van der Waals surface area contributed by atoms with E-state index in [2.05, 4.69) is 22.9 Å². The van der Waals surface area contributed by atoms with E-state index in [4.69, 9.17) is 0 Å². The molecular weight excluding hydrogens is 294 g/mol. The van der Waals surface area contributed by atoms with Crippen molar-refractivity contribution in [2.24, 2.45) is 11.8 Å². The molecule has 1 fully saturated rings. The van der Waals surface area contributed by atoms with Gasteiger partial charge in [-0.25, -0.2) is 4.98 Å². The highest BCUT2D eigenvalue weighted by Crippen LogP contribution is 2.36. The first-order valence-corrected chi connectivity index (χ1v) is 8.77. The minimum Gasteiger partial charge on any atom is -0.297 e. The molecule has 1 aliphatic heterocycles. The average molecular weight is 315 g/mol. The normalized spacial score (nSPS) is 25.5. The first-order valence-electron chi connectivity index (χ1n) is 7.95. The number of rotatable bonds is 2. The summed E-state index contributed by atoms with van der Waals surface area (Å²) in [6.07, 6.45) is 6.72. The molecule has 4 nitrogen and oxygen atoms in total. The van der Waals surface area contributed by atoms with Gasteiger partial charge >= 0.3 is 0 Å². The van der Waals surface area contributed by atoms with Crippen molar-refractivity contribution < 1.29 is 0 Å². The van der Waals surface area contributed by atoms with Gasteiger partial charge in [-0.15, -0.1) is 11.3 Å². The summed E-state index contributed by atoms with van der Waals surface area (Å²) in [5.41, 5.74) is 2.49. The first kappa shape index (κ1) is 14.2. The molecule has 2 aliphatic rings. The van der Waals surface area contributed by atoms with Gasteiger partial charge < -0.3 is 0 Å². The molecule has 0 radical (unpaired) electrons. The molecule has 2 aromatic rings. The van der Waals surface area contributed by atoms with Crippen molar-refractivity contribution in [3.63, 3.8) is 0 Å². The van der Waals surface area contributed by atoms with Gasteiger partial charge in [-0.3, -0.25) is 14.1 Å². The molecule has 1 saturated heterocycles. The van der Waals surface area contributed by atoms with E-state index in [9.17, 15) is 4.79 Å². The fourth-order valence-electron chi connectivity index (χ4n) is 3.88. The number of allylic oxidation sites excluding steroid dienone is 2. The molecule has 1 aliphatic carbocycles. The van der Waals surface area contributed by atoms with Crippen LogP contribution >= 0.6 is 11.3 Å². The number of fused-ring (bicyclic) bond motifs is 2. The zero-order valence-electron chi connectivity index (χ0n) is 13.1. The van der Waals surface area contributed by atoms with E-state index in [0.29, 0.717) is 0 Å². The Kier molecular flexibility index (Phi) is 3.42. The molecule has 5 heteroatoms. The number of hydrogen-bond donors (Lipinski definition) is 0. The highest BCUT2D eigenvalue weighted by atomic mass is 32.1. The van der Waals surface area contributed by atoms with Crippen molar-refractivity contribution in [3.05, 3.63) is 44.8 Å². The van der Waals surface area contributed by atoms with Gasteiger partial charge in [0.15, 0.2) is 4.96 Å². The van der Waals surface area contributed by atoms with E-state index in [1.807, 2.05) is 13.1 Å². The number of aryl methyl sites for hydroxylation is 1. The maximum atomic E-state index is 12.2. The van der Waals surface area contributed by atoms with Crippen molar-refractivity contribution in [1.29, 1.82) is 0 Å². The summed E-state index contributed by atoms with van der Waals surface area (Å²) in [6.45, 7) is 7.33. The molecule has 4 rings (SSSR count). The Balaban J connectivity index is 1.54. The van der Waals surface area contributed by atoms with Gasteiger partial charge in [0.1, 0.15) is 0 Å². The molecule has 2 aromatic heterocycles. The Bertz CT molecular complexity index is 804. The molecule has 0 spiro atoms. The minimum atomic E-state index is 0.0403. The molecule has 0 aromatic carbocycles. The monoisotopic (exact) mass is 315 g/mol. The van der Waals surface area contributed by atoms with Gasteiger partial charge in [-0.05, 0) is 38.5 Å². The molecule has 0 N–H and O–H groups in total. The van der Waals surface area contributed by atoms with E-state index in [0.717, 1.165) is 47.0 Å². The SMILES string of the molecule is CC1=CC[C@H]2CN(Cc3cc(=O)n4cc(C)sc4n3)C[C@H]2C1. The molecule has 0 amide bonds. The predicted molar refractivity (Wildman–Crippen MR) is 89.3 cm³/mol. The Hall–Kier alpha value is -1.46. The second kappa shape index (κ2) is 5.32. The lowest BCUT2D eigenvalue weighted by Gasteiger charge is -2.22. The van der Waals surface area contributed by atoms with Crippen LogP contribution in [0.5, 0.6) is 0 Å². The lowest BCUT2D eigenvalue weighted by atomic mass is 9.83. The minimum absolute atomic E-state index is 0.0403. The highest BCUT2D eigenvalue weighted by molar-refractivity contribution is 7.16. The lowest BCUT2D eigenvalue weighted by Crippen LogP contribution is -2.23. The Morgan fingerprint density at radius 3 is 3.00 bits per heavy atom. The summed E-state index contributed by atoms with van der Waals surface area (Å²) >= 11 is 1.58. The maximum absolute atomic E-state index is 12.2. The van der Waals surface area contributed by atoms with Crippen LogP contribution in [0.1, 0.15) is 30.3 Å². The third-order valence-electron chi connectivity index (χ3n) is 4.93. The van der Waals surface area contributed by atoms with Crippen molar-refractivity contribution >= 4 is 16.3 Å². The lowest BCUT2D eigenvalue weighted by molar-refractivity contribution is 0.310. The summed E-state index contributed by atoms with van der Waals surface area (Å²) in [6, 6.07) is 1.70. The largest absolute Gasteiger partial charge is 0.297 e. The summed E-state index contributed by atoms with van der Waals surface area (Å²) in [5.74, 6) is 1.58. The van der Waals surface area contributed by atoms with E-state index in [1.54, 1.807) is 21.8 Å². The standard InChI is InChI=1S/C17H21N3OS/c1-11-3-4-13-8-19(9-14(13)5-11)10-15-6-16(21)20-7-12(2)22-17(20)18-15/h3,6-7,13-14H,4-5,8-10H2,1-2H3/t13-,14+/m0/s1. The van der Waals surface area contributed by atoms with Crippen LogP contribution in [0.3, 0.4) is 0 Å². The summed E-state index contributed by atoms with van der Waals surface area (Å²) in [5, 5.41) is 0. The van der Waals surface area contributed by atoms with E-state index in [-0.39, 0.29) is 5.56 Å². The average Bonchev–Trinajstić information content (AvgIpc) is 3.00. The van der Waals surface area contributed by atoms with Crippen molar-refractivity contribution in [1.82, 2.24) is 14.3 Å². The summed E-state index contributed by atoms with van der Waals surface area (Å²) in [4.78, 5) is 21.3. The van der Waals surface area contributed by atoms with Crippen LogP contribution in [0, 0.1) is 18.8 Å². The molecule has 116 valence electrons. The number of likely N-dealkylation sites (tertiary alicyclic amines) is 1. The molecule has 0 bridgehead atoms. The molecule has 0 saturated carbocycles. The molecule has 3 heterocycles. The maximum Gasteiger partial charge on any atom is 0.258 e. The Morgan fingerprint density at radius 1 is 1.32 bits per heavy atom. The van der Waals surface area contributed by atoms with Gasteiger partial charge in [-0.2, -0.15) is 0 Å². The smallest absolute Gasteiger partial charge is 0.258 e. The van der Waals surface area contributed by atoms with Crippen LogP contribution in [0.15, 0.2) is 28.7 Å². The predicted octanol–water partition coefficient (Wildman–Crippen LogP) is 2.85. The van der Waals surface area contributed by atoms with Gasteiger partial charge in [0.25, 0.3) is 5.56 Å². The second-order valence-corrected chi connectivity index (χ2v) is 8.00. The van der Waals surface area contributed by atoms with Gasteiger partial charge in [-0.1, -0.05) is 11.6 Å². The summed E-state index contributed by atoms with van der Waals surface area (Å²) in [7, 11) is 0. The molecular formula is C17H21N3OS. The van der Waals surface area contributed by atoms with Crippen LogP contribution in [0.25, 0.3) is 4.96 Å². The molecule has 2 atom stereocenters. The van der Waals surface area contributed by atoms with Gasteiger partial charge in [0.2, 0.25) is 0 Å². The number of hydrogen-bond acceptors (Lipinski definition) is 4. The van der Waals surface area contributed by atoms with Gasteiger partial charge in [0, 0.05) is 36.8 Å². The highest BCUT2D eigenvalue weighted by Gasteiger charge is 2.34. The fraction of sp³-hybridized carbons (Fsp3) is 0.529. The van der Waals surface area contributed by atoms with Gasteiger partial charge in [0.05, 0.1) is 5.69 Å². The zero-order valence-corrected chi connectivity index (χ0v) is 13.9. The van der Waals surface area contributed by atoms with E-state index in [1.165, 1.54) is 18.4 Å². The van der Waals surface area contributed by atoms with E-state index < -0.39 is 0 Å². The molecule has 22 heavy (non-hydrogen) atoms. The second-order valence-electron chi connectivity index (χ2n) is 6.78.